The Hall–Kier alpha value is -1.71. The largest absolute Gasteiger partial charge is 0.370 e. The molecule has 0 bridgehead atoms. The van der Waals surface area contributed by atoms with Crippen molar-refractivity contribution in [1.82, 2.24) is 14.9 Å². The summed E-state index contributed by atoms with van der Waals surface area (Å²) in [5.74, 6) is 1.70. The van der Waals surface area contributed by atoms with E-state index >= 15 is 0 Å². The third-order valence-electron chi connectivity index (χ3n) is 2.73. The molecule has 1 N–H and O–H groups in total. The smallest absolute Gasteiger partial charge is 0.146 e. The molecule has 19 heavy (non-hydrogen) atoms. The third kappa shape index (κ3) is 3.40. The first-order chi connectivity index (χ1) is 9.24. The fourth-order valence-electron chi connectivity index (χ4n) is 1.83. The SMILES string of the molecule is CCNc1nc(CN(C)CCC#N)nc2sccc12. The van der Waals surface area contributed by atoms with Crippen LogP contribution < -0.4 is 5.32 Å². The van der Waals surface area contributed by atoms with E-state index in [1.54, 1.807) is 11.3 Å². The van der Waals surface area contributed by atoms with Crippen LogP contribution in [0, 0.1) is 11.3 Å². The molecule has 6 heteroatoms. The second-order valence-corrected chi connectivity index (χ2v) is 5.20. The van der Waals surface area contributed by atoms with E-state index in [2.05, 4.69) is 33.2 Å². The molecule has 5 nitrogen and oxygen atoms in total. The summed E-state index contributed by atoms with van der Waals surface area (Å²) in [4.78, 5) is 12.2. The number of thiophene rings is 1. The van der Waals surface area contributed by atoms with E-state index in [-0.39, 0.29) is 0 Å². The number of hydrogen-bond donors (Lipinski definition) is 1. The van der Waals surface area contributed by atoms with Gasteiger partial charge >= 0.3 is 0 Å². The minimum Gasteiger partial charge on any atom is -0.370 e. The summed E-state index contributed by atoms with van der Waals surface area (Å²) in [7, 11) is 1.98. The van der Waals surface area contributed by atoms with Crippen molar-refractivity contribution in [2.75, 3.05) is 25.5 Å². The highest BCUT2D eigenvalue weighted by Gasteiger charge is 2.09. The first-order valence-corrected chi connectivity index (χ1v) is 7.16. The number of fused-ring (bicyclic) bond motifs is 1. The average molecular weight is 275 g/mol. The topological polar surface area (TPSA) is 64.8 Å². The Morgan fingerprint density at radius 1 is 1.47 bits per heavy atom. The predicted octanol–water partition coefficient (Wildman–Crippen LogP) is 2.47. The highest BCUT2D eigenvalue weighted by atomic mass is 32.1. The Morgan fingerprint density at radius 3 is 3.05 bits per heavy atom. The van der Waals surface area contributed by atoms with Gasteiger partial charge in [-0.3, -0.25) is 4.90 Å². The molecule has 100 valence electrons. The highest BCUT2D eigenvalue weighted by Crippen LogP contribution is 2.25. The van der Waals surface area contributed by atoms with E-state index in [1.807, 2.05) is 18.5 Å². The Morgan fingerprint density at radius 2 is 2.32 bits per heavy atom. The van der Waals surface area contributed by atoms with Crippen LogP contribution in [0.5, 0.6) is 0 Å². The highest BCUT2D eigenvalue weighted by molar-refractivity contribution is 7.16. The van der Waals surface area contributed by atoms with Crippen LogP contribution in [-0.2, 0) is 6.54 Å². The summed E-state index contributed by atoms with van der Waals surface area (Å²) >= 11 is 1.62. The number of hydrogen-bond acceptors (Lipinski definition) is 6. The Balaban J connectivity index is 2.21. The van der Waals surface area contributed by atoms with E-state index in [4.69, 9.17) is 5.26 Å². The van der Waals surface area contributed by atoms with Gasteiger partial charge in [0.25, 0.3) is 0 Å². The van der Waals surface area contributed by atoms with Crippen LogP contribution in [0.25, 0.3) is 10.2 Å². The Kier molecular flexibility index (Phi) is 4.66. The van der Waals surface area contributed by atoms with Crippen molar-refractivity contribution in [2.24, 2.45) is 0 Å². The number of nitrogens with zero attached hydrogens (tertiary/aromatic N) is 4. The minimum absolute atomic E-state index is 0.526. The van der Waals surface area contributed by atoms with Gasteiger partial charge in [-0.15, -0.1) is 11.3 Å². The van der Waals surface area contributed by atoms with Gasteiger partial charge in [0.05, 0.1) is 18.0 Å². The van der Waals surface area contributed by atoms with Crippen molar-refractivity contribution in [3.8, 4) is 6.07 Å². The second-order valence-electron chi connectivity index (χ2n) is 4.30. The quantitative estimate of drug-likeness (QED) is 0.877. The van der Waals surface area contributed by atoms with Gasteiger partial charge in [0, 0.05) is 19.5 Å². The van der Waals surface area contributed by atoms with Crippen LogP contribution in [0.1, 0.15) is 19.2 Å². The van der Waals surface area contributed by atoms with Crippen LogP contribution in [-0.4, -0.2) is 35.0 Å². The molecule has 0 aliphatic carbocycles. The molecule has 0 unspecified atom stereocenters. The van der Waals surface area contributed by atoms with Crippen molar-refractivity contribution < 1.29 is 0 Å². The molecule has 0 aromatic carbocycles. The van der Waals surface area contributed by atoms with Gasteiger partial charge in [-0.2, -0.15) is 5.26 Å². The zero-order valence-electron chi connectivity index (χ0n) is 11.2. The minimum atomic E-state index is 0.526. The number of anilines is 1. The van der Waals surface area contributed by atoms with Crippen molar-refractivity contribution >= 4 is 27.4 Å². The summed E-state index contributed by atoms with van der Waals surface area (Å²) in [5.41, 5.74) is 0. The summed E-state index contributed by atoms with van der Waals surface area (Å²) < 4.78 is 0. The van der Waals surface area contributed by atoms with E-state index in [1.165, 1.54) is 0 Å². The third-order valence-corrected chi connectivity index (χ3v) is 3.54. The van der Waals surface area contributed by atoms with Crippen molar-refractivity contribution in [3.05, 3.63) is 17.3 Å². The molecule has 0 amide bonds. The first kappa shape index (κ1) is 13.7. The molecule has 2 rings (SSSR count). The Bertz CT molecular complexity index is 586. The molecule has 0 saturated heterocycles. The number of nitriles is 1. The maximum absolute atomic E-state index is 8.59. The van der Waals surface area contributed by atoms with Gasteiger partial charge in [0.15, 0.2) is 0 Å². The molecule has 0 aliphatic heterocycles. The van der Waals surface area contributed by atoms with Gasteiger partial charge < -0.3 is 5.32 Å². The molecule has 0 fully saturated rings. The van der Waals surface area contributed by atoms with Crippen molar-refractivity contribution in [1.29, 1.82) is 5.26 Å². The summed E-state index contributed by atoms with van der Waals surface area (Å²) in [6.07, 6.45) is 0.526. The van der Waals surface area contributed by atoms with Crippen LogP contribution in [0.4, 0.5) is 5.82 Å². The zero-order valence-corrected chi connectivity index (χ0v) is 12.0. The van der Waals surface area contributed by atoms with Crippen molar-refractivity contribution in [3.63, 3.8) is 0 Å². The van der Waals surface area contributed by atoms with Crippen LogP contribution in [0.3, 0.4) is 0 Å². The summed E-state index contributed by atoms with van der Waals surface area (Å²) in [6.45, 7) is 4.29. The first-order valence-electron chi connectivity index (χ1n) is 6.28. The lowest BCUT2D eigenvalue weighted by Crippen LogP contribution is -2.20. The summed E-state index contributed by atoms with van der Waals surface area (Å²) in [5, 5.41) is 15.0. The second kappa shape index (κ2) is 6.45. The number of rotatable bonds is 6. The Labute approximate surface area is 116 Å². The van der Waals surface area contributed by atoms with Gasteiger partial charge in [0.2, 0.25) is 0 Å². The normalized spacial score (nSPS) is 10.8. The average Bonchev–Trinajstić information content (AvgIpc) is 2.85. The van der Waals surface area contributed by atoms with E-state index < -0.39 is 0 Å². The summed E-state index contributed by atoms with van der Waals surface area (Å²) in [6, 6.07) is 4.19. The van der Waals surface area contributed by atoms with Crippen molar-refractivity contribution in [2.45, 2.75) is 19.9 Å². The molecule has 2 heterocycles. The van der Waals surface area contributed by atoms with Crippen LogP contribution >= 0.6 is 11.3 Å². The molecule has 0 saturated carbocycles. The molecule has 0 spiro atoms. The molecular formula is C13H17N5S. The fourth-order valence-corrected chi connectivity index (χ4v) is 2.62. The number of nitrogens with one attached hydrogen (secondary N) is 1. The molecule has 0 atom stereocenters. The van der Waals surface area contributed by atoms with Gasteiger partial charge in [-0.05, 0) is 25.4 Å². The maximum Gasteiger partial charge on any atom is 0.146 e. The lowest BCUT2D eigenvalue weighted by molar-refractivity contribution is 0.327. The van der Waals surface area contributed by atoms with Gasteiger partial charge in [-0.25, -0.2) is 9.97 Å². The maximum atomic E-state index is 8.59. The monoisotopic (exact) mass is 275 g/mol. The standard InChI is InChI=1S/C13H17N5S/c1-3-15-12-10-5-8-19-13(10)17-11(16-12)9-18(2)7-4-6-14/h5,8H,3-4,7,9H2,1-2H3,(H,15,16,17). The van der Waals surface area contributed by atoms with E-state index in [0.29, 0.717) is 13.0 Å². The zero-order chi connectivity index (χ0) is 13.7. The van der Waals surface area contributed by atoms with E-state index in [0.717, 1.165) is 34.9 Å². The molecule has 0 aliphatic rings. The lowest BCUT2D eigenvalue weighted by Gasteiger charge is -2.14. The lowest BCUT2D eigenvalue weighted by atomic mass is 10.3. The van der Waals surface area contributed by atoms with Gasteiger partial charge in [0.1, 0.15) is 16.5 Å². The molecular weight excluding hydrogens is 258 g/mol. The molecule has 2 aromatic rings. The van der Waals surface area contributed by atoms with Gasteiger partial charge in [-0.1, -0.05) is 0 Å². The molecule has 0 radical (unpaired) electrons. The van der Waals surface area contributed by atoms with Crippen LogP contribution in [0.15, 0.2) is 11.4 Å². The number of aromatic nitrogens is 2. The van der Waals surface area contributed by atoms with E-state index in [9.17, 15) is 0 Å². The predicted molar refractivity (Wildman–Crippen MR) is 78.1 cm³/mol. The fraction of sp³-hybridized carbons (Fsp3) is 0.462. The molecule has 2 aromatic heterocycles. The van der Waals surface area contributed by atoms with Crippen LogP contribution in [0.2, 0.25) is 0 Å².